The van der Waals surface area contributed by atoms with Crippen LogP contribution in [0, 0.1) is 17.3 Å². The van der Waals surface area contributed by atoms with Gasteiger partial charge < -0.3 is 31.7 Å². The van der Waals surface area contributed by atoms with E-state index in [-0.39, 0.29) is 41.6 Å². The lowest BCUT2D eigenvalue weighted by Gasteiger charge is -2.40. The standard InChI is InChI=1S/C32H55N5O5/c1-5-11-22(26(38)30(41)34-21-16-17-21)35-28(39)24-18-20-14-9-10-15-23(20)37(24)31(42)27(32(2,3)4)36-29(40)25(33)19-12-7-6-8-13-19/h19-27,38H,5-18,33H2,1-4H3,(H,34,41)(H,35,39)(H,36,40). The van der Waals surface area contributed by atoms with Crippen molar-refractivity contribution in [1.29, 1.82) is 0 Å². The van der Waals surface area contributed by atoms with Crippen molar-refractivity contribution < 1.29 is 24.3 Å². The van der Waals surface area contributed by atoms with Gasteiger partial charge in [0.25, 0.3) is 5.91 Å². The fraction of sp³-hybridized carbons (Fsp3) is 0.875. The summed E-state index contributed by atoms with van der Waals surface area (Å²) in [6.07, 6.45) is 11.1. The largest absolute Gasteiger partial charge is 0.381 e. The molecule has 1 saturated heterocycles. The molecule has 4 fully saturated rings. The highest BCUT2D eigenvalue weighted by Crippen LogP contribution is 2.41. The van der Waals surface area contributed by atoms with E-state index in [4.69, 9.17) is 5.73 Å². The van der Waals surface area contributed by atoms with Gasteiger partial charge in [-0.3, -0.25) is 19.2 Å². The molecule has 0 spiro atoms. The molecule has 0 bridgehead atoms. The minimum absolute atomic E-state index is 0.0801. The van der Waals surface area contributed by atoms with Gasteiger partial charge in [0.05, 0.1) is 12.1 Å². The van der Waals surface area contributed by atoms with Gasteiger partial charge in [0.2, 0.25) is 17.7 Å². The van der Waals surface area contributed by atoms with Gasteiger partial charge in [-0.1, -0.05) is 66.2 Å². The van der Waals surface area contributed by atoms with Crippen LogP contribution in [-0.2, 0) is 19.2 Å². The molecule has 6 N–H and O–H groups in total. The Morgan fingerprint density at radius 2 is 1.55 bits per heavy atom. The van der Waals surface area contributed by atoms with E-state index >= 15 is 0 Å². The van der Waals surface area contributed by atoms with Crippen molar-refractivity contribution in [1.82, 2.24) is 20.9 Å². The number of hydrogen-bond donors (Lipinski definition) is 5. The number of carbonyl (C=O) groups is 4. The second-order valence-corrected chi connectivity index (χ2v) is 14.5. The molecule has 42 heavy (non-hydrogen) atoms. The number of aliphatic hydroxyl groups excluding tert-OH is 1. The smallest absolute Gasteiger partial charge is 0.251 e. The van der Waals surface area contributed by atoms with Crippen LogP contribution in [0.3, 0.4) is 0 Å². The number of aliphatic hydroxyl groups is 1. The van der Waals surface area contributed by atoms with Crippen LogP contribution in [0.4, 0.5) is 0 Å². The summed E-state index contributed by atoms with van der Waals surface area (Å²) in [5.41, 5.74) is 5.83. The van der Waals surface area contributed by atoms with Crippen molar-refractivity contribution >= 4 is 23.6 Å². The van der Waals surface area contributed by atoms with Gasteiger partial charge in [0.15, 0.2) is 6.10 Å². The first-order valence-electron chi connectivity index (χ1n) is 16.6. The molecule has 0 aromatic heterocycles. The first-order valence-corrected chi connectivity index (χ1v) is 16.6. The molecule has 4 rings (SSSR count). The predicted molar refractivity (Wildman–Crippen MR) is 161 cm³/mol. The zero-order valence-corrected chi connectivity index (χ0v) is 26.2. The summed E-state index contributed by atoms with van der Waals surface area (Å²) in [5, 5.41) is 19.7. The SMILES string of the molecule is CCCC(NC(=O)C1CC2CCCCC2N1C(=O)C(NC(=O)C(N)C1CCCCC1)C(C)(C)C)C(O)C(=O)NC1CC1. The first-order chi connectivity index (χ1) is 19.9. The summed E-state index contributed by atoms with van der Waals surface area (Å²) in [6.45, 7) is 7.73. The zero-order chi connectivity index (χ0) is 30.6. The minimum atomic E-state index is -1.36. The number of hydrogen-bond acceptors (Lipinski definition) is 6. The Kier molecular flexibility index (Phi) is 10.9. The molecule has 10 heteroatoms. The summed E-state index contributed by atoms with van der Waals surface area (Å²) >= 11 is 0. The molecule has 3 saturated carbocycles. The quantitative estimate of drug-likeness (QED) is 0.250. The van der Waals surface area contributed by atoms with Crippen molar-refractivity contribution in [3.8, 4) is 0 Å². The monoisotopic (exact) mass is 589 g/mol. The van der Waals surface area contributed by atoms with Crippen molar-refractivity contribution in [2.75, 3.05) is 0 Å². The molecular formula is C32H55N5O5. The number of nitrogens with zero attached hydrogens (tertiary/aromatic N) is 1. The summed E-state index contributed by atoms with van der Waals surface area (Å²) < 4.78 is 0. The summed E-state index contributed by atoms with van der Waals surface area (Å²) in [5.74, 6) is -1.04. The van der Waals surface area contributed by atoms with Crippen LogP contribution in [0.5, 0.6) is 0 Å². The van der Waals surface area contributed by atoms with E-state index in [1.54, 1.807) is 4.90 Å². The van der Waals surface area contributed by atoms with E-state index in [9.17, 15) is 24.3 Å². The van der Waals surface area contributed by atoms with Crippen molar-refractivity contribution in [2.45, 2.75) is 160 Å². The average Bonchev–Trinajstić information content (AvgIpc) is 3.69. The number of amides is 4. The molecule has 7 unspecified atom stereocenters. The molecular weight excluding hydrogens is 534 g/mol. The Hall–Kier alpha value is -2.20. The van der Waals surface area contributed by atoms with Crippen LogP contribution in [0.25, 0.3) is 0 Å². The average molecular weight is 590 g/mol. The van der Waals surface area contributed by atoms with Gasteiger partial charge in [-0.15, -0.1) is 0 Å². The van der Waals surface area contributed by atoms with E-state index in [1.807, 2.05) is 27.7 Å². The molecule has 4 amide bonds. The normalized spacial score (nSPS) is 27.8. The lowest BCUT2D eigenvalue weighted by molar-refractivity contribution is -0.147. The summed E-state index contributed by atoms with van der Waals surface area (Å²) in [7, 11) is 0. The topological polar surface area (TPSA) is 154 Å². The minimum Gasteiger partial charge on any atom is -0.381 e. The maximum atomic E-state index is 14.5. The van der Waals surface area contributed by atoms with E-state index < -0.39 is 41.6 Å². The summed E-state index contributed by atoms with van der Waals surface area (Å²) in [6, 6.07) is -2.95. The number of fused-ring (bicyclic) bond motifs is 1. The van der Waals surface area contributed by atoms with Crippen LogP contribution in [0.2, 0.25) is 0 Å². The van der Waals surface area contributed by atoms with Crippen molar-refractivity contribution in [3.05, 3.63) is 0 Å². The van der Waals surface area contributed by atoms with Crippen LogP contribution in [0.15, 0.2) is 0 Å². The number of nitrogens with one attached hydrogen (secondary N) is 3. The third-order valence-electron chi connectivity index (χ3n) is 10.0. The highest BCUT2D eigenvalue weighted by atomic mass is 16.3. The van der Waals surface area contributed by atoms with E-state index in [2.05, 4.69) is 16.0 Å². The second-order valence-electron chi connectivity index (χ2n) is 14.5. The first kappa shape index (κ1) is 32.7. The second kappa shape index (κ2) is 14.1. The lowest BCUT2D eigenvalue weighted by Crippen LogP contribution is -2.62. The third-order valence-corrected chi connectivity index (χ3v) is 10.0. The van der Waals surface area contributed by atoms with Crippen molar-refractivity contribution in [3.63, 3.8) is 0 Å². The molecule has 0 radical (unpaired) electrons. The zero-order valence-electron chi connectivity index (χ0n) is 26.2. The molecule has 4 aliphatic rings. The number of rotatable bonds is 11. The molecule has 1 aliphatic heterocycles. The van der Waals surface area contributed by atoms with Gasteiger partial charge in [0, 0.05) is 12.1 Å². The van der Waals surface area contributed by atoms with E-state index in [0.29, 0.717) is 19.3 Å². The molecule has 10 nitrogen and oxygen atoms in total. The molecule has 0 aromatic rings. The van der Waals surface area contributed by atoms with Crippen LogP contribution < -0.4 is 21.7 Å². The molecule has 3 aliphatic carbocycles. The van der Waals surface area contributed by atoms with Gasteiger partial charge in [-0.05, 0) is 68.6 Å². The maximum Gasteiger partial charge on any atom is 0.251 e. The molecule has 1 heterocycles. The van der Waals surface area contributed by atoms with Gasteiger partial charge in [-0.25, -0.2) is 0 Å². The molecule has 7 atom stereocenters. The van der Waals surface area contributed by atoms with Gasteiger partial charge >= 0.3 is 0 Å². The van der Waals surface area contributed by atoms with Crippen LogP contribution in [0.1, 0.15) is 118 Å². The maximum absolute atomic E-state index is 14.5. The van der Waals surface area contributed by atoms with Crippen LogP contribution >= 0.6 is 0 Å². The molecule has 0 aromatic carbocycles. The third kappa shape index (κ3) is 7.84. The highest BCUT2D eigenvalue weighted by molar-refractivity contribution is 5.94. The number of carbonyl (C=O) groups excluding carboxylic acids is 4. The van der Waals surface area contributed by atoms with E-state index in [0.717, 1.165) is 70.6 Å². The fourth-order valence-electron chi connectivity index (χ4n) is 7.35. The summed E-state index contributed by atoms with van der Waals surface area (Å²) in [4.78, 5) is 56.1. The van der Waals surface area contributed by atoms with E-state index in [1.165, 1.54) is 0 Å². The van der Waals surface area contributed by atoms with Crippen LogP contribution in [-0.4, -0.2) is 76.0 Å². The van der Waals surface area contributed by atoms with Gasteiger partial charge in [0.1, 0.15) is 12.1 Å². The Balaban J connectivity index is 1.53. The Morgan fingerprint density at radius 1 is 0.905 bits per heavy atom. The van der Waals surface area contributed by atoms with Gasteiger partial charge in [-0.2, -0.15) is 0 Å². The Labute approximate surface area is 251 Å². The number of nitrogens with two attached hydrogens (primary N) is 1. The Morgan fingerprint density at radius 3 is 2.17 bits per heavy atom. The van der Waals surface area contributed by atoms with Crippen molar-refractivity contribution in [2.24, 2.45) is 23.0 Å². The number of likely N-dealkylation sites (tertiary alicyclic amines) is 1. The molecule has 238 valence electrons. The highest BCUT2D eigenvalue weighted by Gasteiger charge is 2.51. The lowest BCUT2D eigenvalue weighted by atomic mass is 9.82. The fourth-order valence-corrected chi connectivity index (χ4v) is 7.35. The predicted octanol–water partition coefficient (Wildman–Crippen LogP) is 2.51. The Bertz CT molecular complexity index is 973.